The number of benzene rings is 4. The fourth-order valence-corrected chi connectivity index (χ4v) is 5.39. The van der Waals surface area contributed by atoms with Gasteiger partial charge < -0.3 is 10.1 Å². The molecular weight excluding hydrogens is 520 g/mol. The van der Waals surface area contributed by atoms with E-state index in [0.29, 0.717) is 4.90 Å². The number of nitrogens with zero attached hydrogens (tertiary/aromatic N) is 1. The summed E-state index contributed by atoms with van der Waals surface area (Å²) in [5, 5.41) is 2.61. The summed E-state index contributed by atoms with van der Waals surface area (Å²) in [5.41, 5.74) is 4.35. The van der Waals surface area contributed by atoms with Crippen molar-refractivity contribution in [3.8, 4) is 22.3 Å². The Hall–Kier alpha value is -4.23. The van der Waals surface area contributed by atoms with Crippen LogP contribution in [0.2, 0.25) is 0 Å². The molecule has 0 spiro atoms. The number of carbonyl (C=O) groups is 2. The summed E-state index contributed by atoms with van der Waals surface area (Å²) < 4.78 is 23.0. The van der Waals surface area contributed by atoms with Crippen molar-refractivity contribution in [2.75, 3.05) is 6.26 Å². The van der Waals surface area contributed by atoms with Gasteiger partial charge in [-0.15, -0.1) is 0 Å². The summed E-state index contributed by atoms with van der Waals surface area (Å²) in [7, 11) is -3.08. The van der Waals surface area contributed by atoms with E-state index in [4.69, 9.17) is 4.74 Å². The first-order valence-corrected chi connectivity index (χ1v) is 15.0. The normalized spacial score (nSPS) is 13.5. The first-order valence-electron chi connectivity index (χ1n) is 13.1. The van der Waals surface area contributed by atoms with Crippen LogP contribution < -0.4 is 5.32 Å². The predicted octanol–water partition coefficient (Wildman–Crippen LogP) is 7.14. The molecule has 2 atom stereocenters. The molecule has 0 heterocycles. The third kappa shape index (κ3) is 7.90. The fraction of sp³-hybridized carbons (Fsp3) is 0.212. The smallest absolute Gasteiger partial charge is 0.408 e. The zero-order chi connectivity index (χ0) is 28.8. The standard InChI is InChI=1S/C33H34N2O4S/c1-33(2,3)39-32(37)34-30(23-24-11-7-5-8-12-24)31(36)35-40(4,38)29-21-19-28(20-22-29)27-17-15-26(16-18-27)25-13-9-6-10-14-25/h5-22,30H,23H2,1-4H3,(H,34,37)/t30-,40?/m0/s1. The van der Waals surface area contributed by atoms with Crippen LogP contribution in [-0.2, 0) is 25.7 Å². The highest BCUT2D eigenvalue weighted by Crippen LogP contribution is 2.26. The molecule has 0 saturated heterocycles. The second-order valence-corrected chi connectivity index (χ2v) is 12.8. The molecule has 0 saturated carbocycles. The van der Waals surface area contributed by atoms with E-state index in [9.17, 15) is 13.8 Å². The minimum absolute atomic E-state index is 0.190. The van der Waals surface area contributed by atoms with Crippen LogP contribution >= 0.6 is 0 Å². The molecule has 6 nitrogen and oxygen atoms in total. The van der Waals surface area contributed by atoms with E-state index in [1.807, 2.05) is 72.8 Å². The van der Waals surface area contributed by atoms with Gasteiger partial charge in [-0.25, -0.2) is 9.00 Å². The molecule has 7 heteroatoms. The first-order chi connectivity index (χ1) is 19.0. The van der Waals surface area contributed by atoms with E-state index in [-0.39, 0.29) is 6.42 Å². The van der Waals surface area contributed by atoms with Gasteiger partial charge in [-0.3, -0.25) is 4.79 Å². The van der Waals surface area contributed by atoms with Crippen molar-refractivity contribution in [1.29, 1.82) is 0 Å². The van der Waals surface area contributed by atoms with Gasteiger partial charge in [0.15, 0.2) is 0 Å². The third-order valence-electron chi connectivity index (χ3n) is 6.15. The zero-order valence-electron chi connectivity index (χ0n) is 23.2. The molecule has 206 valence electrons. The lowest BCUT2D eigenvalue weighted by atomic mass is 10.0. The van der Waals surface area contributed by atoms with Gasteiger partial charge in [-0.1, -0.05) is 97.1 Å². The van der Waals surface area contributed by atoms with E-state index in [2.05, 4.69) is 33.9 Å². The van der Waals surface area contributed by atoms with Crippen LogP contribution in [0, 0.1) is 0 Å². The summed E-state index contributed by atoms with van der Waals surface area (Å²) in [6.45, 7) is 5.22. The highest BCUT2D eigenvalue weighted by atomic mass is 32.2. The van der Waals surface area contributed by atoms with E-state index >= 15 is 0 Å². The lowest BCUT2D eigenvalue weighted by Gasteiger charge is -2.22. The van der Waals surface area contributed by atoms with E-state index in [1.165, 1.54) is 6.26 Å². The SMILES string of the molecule is CC(C)(C)OC(=O)N[C@@H](Cc1ccccc1)C(=O)N=S(C)(=O)c1ccc(-c2ccc(-c3ccccc3)cc2)cc1. The van der Waals surface area contributed by atoms with Crippen LogP contribution in [0.25, 0.3) is 22.3 Å². The Kier molecular flexibility index (Phi) is 8.85. The van der Waals surface area contributed by atoms with Crippen molar-refractivity contribution < 1.29 is 18.5 Å². The topological polar surface area (TPSA) is 84.8 Å². The lowest BCUT2D eigenvalue weighted by molar-refractivity contribution is -0.119. The molecule has 2 amide bonds. The minimum Gasteiger partial charge on any atom is -0.444 e. The van der Waals surface area contributed by atoms with Gasteiger partial charge in [-0.05, 0) is 60.7 Å². The minimum atomic E-state index is -3.08. The number of hydrogen-bond donors (Lipinski definition) is 1. The second-order valence-electron chi connectivity index (χ2n) is 10.6. The second kappa shape index (κ2) is 12.3. The third-order valence-corrected chi connectivity index (χ3v) is 7.83. The predicted molar refractivity (Wildman–Crippen MR) is 160 cm³/mol. The molecule has 0 bridgehead atoms. The lowest BCUT2D eigenvalue weighted by Crippen LogP contribution is -2.44. The molecule has 0 aliphatic heterocycles. The number of nitrogens with one attached hydrogen (secondary N) is 1. The fourth-order valence-electron chi connectivity index (χ4n) is 4.17. The van der Waals surface area contributed by atoms with Crippen LogP contribution in [0.1, 0.15) is 26.3 Å². The number of rotatable bonds is 7. The van der Waals surface area contributed by atoms with E-state index < -0.39 is 33.4 Å². The Morgan fingerprint density at radius 2 is 1.20 bits per heavy atom. The number of amides is 2. The number of hydrogen-bond acceptors (Lipinski definition) is 4. The molecule has 1 unspecified atom stereocenters. The van der Waals surface area contributed by atoms with Crippen molar-refractivity contribution in [2.45, 2.75) is 43.7 Å². The number of ether oxygens (including phenoxy) is 1. The Morgan fingerprint density at radius 1 is 0.750 bits per heavy atom. The van der Waals surface area contributed by atoms with Crippen molar-refractivity contribution in [3.63, 3.8) is 0 Å². The molecule has 0 aromatic heterocycles. The van der Waals surface area contributed by atoms with Gasteiger partial charge in [0, 0.05) is 17.6 Å². The largest absolute Gasteiger partial charge is 0.444 e. The Morgan fingerprint density at radius 3 is 1.70 bits per heavy atom. The molecule has 0 aliphatic rings. The Bertz CT molecular complexity index is 1570. The summed E-state index contributed by atoms with van der Waals surface area (Å²) in [6.07, 6.45) is 0.888. The van der Waals surface area contributed by atoms with Crippen LogP contribution in [0.5, 0.6) is 0 Å². The average Bonchev–Trinajstić information content (AvgIpc) is 2.93. The van der Waals surface area contributed by atoms with Gasteiger partial charge in [0.1, 0.15) is 11.6 Å². The average molecular weight is 555 g/mol. The molecule has 1 N–H and O–H groups in total. The maximum absolute atomic E-state index is 13.6. The van der Waals surface area contributed by atoms with Crippen LogP contribution in [0.3, 0.4) is 0 Å². The first kappa shape index (κ1) is 28.8. The summed E-state index contributed by atoms with van der Waals surface area (Å²) in [6, 6.07) is 33.8. The summed E-state index contributed by atoms with van der Waals surface area (Å²) in [4.78, 5) is 26.2. The molecule has 4 aromatic carbocycles. The highest BCUT2D eigenvalue weighted by molar-refractivity contribution is 7.93. The van der Waals surface area contributed by atoms with Crippen molar-refractivity contribution in [2.24, 2.45) is 4.36 Å². The summed E-state index contributed by atoms with van der Waals surface area (Å²) >= 11 is 0. The molecule has 0 radical (unpaired) electrons. The summed E-state index contributed by atoms with van der Waals surface area (Å²) in [5.74, 6) is -0.678. The van der Waals surface area contributed by atoms with Gasteiger partial charge in [0.05, 0.1) is 9.73 Å². The van der Waals surface area contributed by atoms with Crippen molar-refractivity contribution in [3.05, 3.63) is 115 Å². The molecule has 4 aromatic rings. The Balaban J connectivity index is 1.54. The van der Waals surface area contributed by atoms with E-state index in [0.717, 1.165) is 27.8 Å². The van der Waals surface area contributed by atoms with Crippen molar-refractivity contribution >= 4 is 21.7 Å². The van der Waals surface area contributed by atoms with Crippen molar-refractivity contribution in [1.82, 2.24) is 5.32 Å². The van der Waals surface area contributed by atoms with Crippen LogP contribution in [0.15, 0.2) is 118 Å². The highest BCUT2D eigenvalue weighted by Gasteiger charge is 2.26. The van der Waals surface area contributed by atoms with Gasteiger partial charge in [0.2, 0.25) is 0 Å². The maximum atomic E-state index is 13.6. The molecule has 0 fully saturated rings. The zero-order valence-corrected chi connectivity index (χ0v) is 24.0. The van der Waals surface area contributed by atoms with Gasteiger partial charge in [0.25, 0.3) is 5.91 Å². The number of alkyl carbamates (subject to hydrolysis) is 1. The van der Waals surface area contributed by atoms with Crippen LogP contribution in [-0.4, -0.2) is 34.1 Å². The maximum Gasteiger partial charge on any atom is 0.408 e. The molecular formula is C33H34N2O4S. The Labute approximate surface area is 236 Å². The number of carbonyl (C=O) groups excluding carboxylic acids is 2. The quantitative estimate of drug-likeness (QED) is 0.263. The van der Waals surface area contributed by atoms with Crippen LogP contribution in [0.4, 0.5) is 4.79 Å². The van der Waals surface area contributed by atoms with Gasteiger partial charge in [-0.2, -0.15) is 4.36 Å². The molecule has 40 heavy (non-hydrogen) atoms. The van der Waals surface area contributed by atoms with Gasteiger partial charge >= 0.3 is 6.09 Å². The molecule has 0 aliphatic carbocycles. The monoisotopic (exact) mass is 554 g/mol. The van der Waals surface area contributed by atoms with E-state index in [1.54, 1.807) is 32.9 Å². The molecule has 4 rings (SSSR count).